The second-order valence-electron chi connectivity index (χ2n) is 36.3. The number of nitrogens with zero attached hydrogens (tertiary/aromatic N) is 2. The average molecular weight is 1970 g/mol. The molecule has 137 heavy (non-hydrogen) atoms. The largest absolute Gasteiger partial charge is 0.508 e. The number of rotatable bonds is 43. The molecule has 51 heteroatoms. The number of nitrogens with one attached hydrogen (secondary N) is 10. The van der Waals surface area contributed by atoms with Crippen LogP contribution in [0.15, 0.2) is 24.3 Å². The summed E-state index contributed by atoms with van der Waals surface area (Å²) in [5, 5.41) is 264. The zero-order chi connectivity index (χ0) is 101. The Labute approximate surface area is 789 Å². The number of amides is 11. The van der Waals surface area contributed by atoms with Gasteiger partial charge in [-0.2, -0.15) is 0 Å². The Kier molecular flexibility index (Phi) is 45.8. The summed E-state index contributed by atoms with van der Waals surface area (Å²) in [4.78, 5) is 160. The Hall–Kier alpha value is -7.93. The molecule has 0 bridgehead atoms. The second kappa shape index (κ2) is 54.9. The lowest BCUT2D eigenvalue weighted by Gasteiger charge is -2.46. The first-order valence-corrected chi connectivity index (χ1v) is 46.7. The molecule has 7 saturated heterocycles. The molecule has 0 aromatic heterocycles. The van der Waals surface area contributed by atoms with Crippen molar-refractivity contribution in [1.82, 2.24) is 63.0 Å². The number of aliphatic hydroxyl groups excluding tert-OH is 21. The van der Waals surface area contributed by atoms with Gasteiger partial charge in [0.15, 0.2) is 25.0 Å². The number of carbonyl (C=O) groups excluding carboxylic acids is 11. The van der Waals surface area contributed by atoms with Crippen molar-refractivity contribution in [1.29, 1.82) is 0 Å². The summed E-state index contributed by atoms with van der Waals surface area (Å²) in [6.07, 6.45) is -49.8. The van der Waals surface area contributed by atoms with E-state index in [-0.39, 0.29) is 30.6 Å². The van der Waals surface area contributed by atoms with Crippen molar-refractivity contribution >= 4 is 65.0 Å². The predicted octanol–water partition coefficient (Wildman–Crippen LogP) is -13.2. The molecular weight excluding hydrogens is 1820 g/mol. The number of fused-ring (bicyclic) bond motifs is 2. The van der Waals surface area contributed by atoms with E-state index in [9.17, 15) is 141 Å². The summed E-state index contributed by atoms with van der Waals surface area (Å²) >= 11 is 0. The Morgan fingerprint density at radius 1 is 0.467 bits per heavy atom. The molecule has 1 unspecified atom stereocenters. The van der Waals surface area contributed by atoms with Crippen molar-refractivity contribution in [2.24, 2.45) is 11.8 Å². The zero-order valence-electron chi connectivity index (χ0n) is 76.8. The quantitative estimate of drug-likeness (QED) is 0.0270. The summed E-state index contributed by atoms with van der Waals surface area (Å²) < 4.78 is 33.0. The fourth-order valence-electron chi connectivity index (χ4n) is 17.5. The van der Waals surface area contributed by atoms with E-state index < -0.39 is 383 Å². The van der Waals surface area contributed by atoms with E-state index in [4.69, 9.17) is 28.4 Å². The van der Waals surface area contributed by atoms with Gasteiger partial charge in [0, 0.05) is 77.7 Å². The van der Waals surface area contributed by atoms with Gasteiger partial charge < -0.3 is 198 Å². The third-order valence-corrected chi connectivity index (χ3v) is 25.7. The zero-order valence-corrected chi connectivity index (χ0v) is 76.8. The average Bonchev–Trinajstić information content (AvgIpc) is 1.44. The molecule has 0 radical (unpaired) electrons. The van der Waals surface area contributed by atoms with Gasteiger partial charge in [-0.15, -0.1) is 0 Å². The Bertz CT molecular complexity index is 4010. The Morgan fingerprint density at radius 3 is 1.47 bits per heavy atom. The molecule has 7 heterocycles. The smallest absolute Gasteiger partial charge is 0.248 e. The van der Waals surface area contributed by atoms with Crippen molar-refractivity contribution in [3.63, 3.8) is 0 Å². The minimum Gasteiger partial charge on any atom is -0.508 e. The van der Waals surface area contributed by atoms with Crippen molar-refractivity contribution in [3.05, 3.63) is 29.8 Å². The van der Waals surface area contributed by atoms with Crippen LogP contribution in [-0.4, -0.2) is 448 Å². The minimum absolute atomic E-state index is 0.202. The highest BCUT2D eigenvalue weighted by Crippen LogP contribution is 2.34. The van der Waals surface area contributed by atoms with Crippen LogP contribution in [0.1, 0.15) is 168 Å². The maximum atomic E-state index is 15.5. The first-order chi connectivity index (χ1) is 65.0. The molecule has 0 aliphatic carbocycles. The highest BCUT2D eigenvalue weighted by molar-refractivity contribution is 5.98. The number of aliphatic hydroxyl groups is 21. The molecule has 1 aromatic rings. The lowest BCUT2D eigenvalue weighted by atomic mass is 9.91. The lowest BCUT2D eigenvalue weighted by Crippen LogP contribution is -2.66. The lowest BCUT2D eigenvalue weighted by molar-refractivity contribution is -0.343. The SMILES string of the molecule is CC[C@H](C)C[C@H](C)CCCCCCCCC(=O)N[C@H]1C[C@@H](O)[C@@H](NCCNC(=O)CCCC(=O)N[C@@H]2O[C@H](CO)[C@@H](O[C@@H]3O[C@H](CO)[C@H](O)[C@H](O)[C@H]3O)[C@H](O)[C@H]2O)NC(=O)C2[C@@H](O)CCN2C(=O)[C@H]([C@H](O)CCNC(=O)CCCC(=O)N[C@@H]2O[C@H](CO)[C@@H](O[C@@H]3O[C@H](CO)[C@H](O)[C@H](O)[C@H]3O)[C@H](O)[C@H]2O)NC(=O)[C@H]([C@H](O)[C@@H](O)c2ccc(O)cc2)NC(=O)[C@@H]2C[C@@H](O)CN2C(=O)[C@H]([C@@H](C)O)NC1=O. The summed E-state index contributed by atoms with van der Waals surface area (Å²) in [6, 6.07) is -8.51. The highest BCUT2D eigenvalue weighted by atomic mass is 16.7. The Balaban J connectivity index is 1.02. The van der Waals surface area contributed by atoms with Gasteiger partial charge >= 0.3 is 0 Å². The van der Waals surface area contributed by atoms with Crippen LogP contribution in [0, 0.1) is 11.8 Å². The van der Waals surface area contributed by atoms with Gasteiger partial charge in [0.2, 0.25) is 65.0 Å². The number of hydrogen-bond donors (Lipinski definition) is 32. The molecule has 7 aliphatic heterocycles. The van der Waals surface area contributed by atoms with E-state index in [2.05, 4.69) is 73.9 Å². The predicted molar refractivity (Wildman–Crippen MR) is 465 cm³/mol. The van der Waals surface area contributed by atoms with Crippen LogP contribution in [0.3, 0.4) is 0 Å². The van der Waals surface area contributed by atoms with Gasteiger partial charge in [-0.25, -0.2) is 0 Å². The molecule has 8 rings (SSSR count). The van der Waals surface area contributed by atoms with E-state index in [1.165, 1.54) is 0 Å². The van der Waals surface area contributed by atoms with Crippen LogP contribution in [0.4, 0.5) is 0 Å². The van der Waals surface area contributed by atoms with E-state index in [0.29, 0.717) is 34.5 Å². The number of benzene rings is 1. The third-order valence-electron chi connectivity index (χ3n) is 25.7. The molecule has 32 N–H and O–H groups in total. The van der Waals surface area contributed by atoms with Gasteiger partial charge in [-0.3, -0.25) is 58.1 Å². The highest BCUT2D eigenvalue weighted by Gasteiger charge is 2.55. The molecule has 0 spiro atoms. The summed E-state index contributed by atoms with van der Waals surface area (Å²) in [6.45, 7) is 1.34. The third kappa shape index (κ3) is 31.8. The number of unbranched alkanes of at least 4 members (excludes halogenated alkanes) is 5. The minimum atomic E-state index is -2.52. The number of aromatic hydroxyl groups is 1. The summed E-state index contributed by atoms with van der Waals surface area (Å²) in [7, 11) is 0. The molecule has 780 valence electrons. The van der Waals surface area contributed by atoms with Gasteiger partial charge in [0.05, 0.1) is 56.9 Å². The van der Waals surface area contributed by atoms with Crippen molar-refractivity contribution in [3.8, 4) is 5.75 Å². The number of carbonyl (C=O) groups is 11. The maximum Gasteiger partial charge on any atom is 0.248 e. The van der Waals surface area contributed by atoms with E-state index in [0.717, 1.165) is 76.1 Å². The van der Waals surface area contributed by atoms with Crippen LogP contribution in [0.25, 0.3) is 0 Å². The monoisotopic (exact) mass is 1970 g/mol. The van der Waals surface area contributed by atoms with Crippen LogP contribution in [-0.2, 0) is 81.2 Å². The molecule has 7 aliphatic rings. The molecule has 0 saturated carbocycles. The number of ether oxygens (including phenoxy) is 6. The van der Waals surface area contributed by atoms with Crippen LogP contribution >= 0.6 is 0 Å². The van der Waals surface area contributed by atoms with Gasteiger partial charge in [0.25, 0.3) is 0 Å². The van der Waals surface area contributed by atoms with Crippen molar-refractivity contribution in [2.45, 2.75) is 364 Å². The molecule has 1 aromatic carbocycles. The van der Waals surface area contributed by atoms with Crippen LogP contribution < -0.4 is 53.2 Å². The number of hydrogen-bond acceptors (Lipinski definition) is 40. The van der Waals surface area contributed by atoms with Crippen LogP contribution in [0.5, 0.6) is 5.75 Å². The topological polar surface area (TPSA) is 815 Å². The van der Waals surface area contributed by atoms with E-state index in [1.807, 2.05) is 0 Å². The summed E-state index contributed by atoms with van der Waals surface area (Å²) in [5.74, 6) is -11.5. The molecule has 36 atom stereocenters. The normalized spacial score (nSPS) is 34.7. The first kappa shape index (κ1) is 114. The van der Waals surface area contributed by atoms with E-state index >= 15 is 24.0 Å². The van der Waals surface area contributed by atoms with E-state index in [1.54, 1.807) is 0 Å². The Morgan fingerprint density at radius 2 is 0.949 bits per heavy atom. The molecule has 11 amide bonds. The second-order valence-corrected chi connectivity index (χ2v) is 36.3. The first-order valence-electron chi connectivity index (χ1n) is 46.7. The number of phenolic OH excluding ortho intramolecular Hbond substituents is 1. The fraction of sp³-hybridized carbons (Fsp3) is 0.802. The standard InChI is InChI=1S/C86H142N12O39/c1-5-38(2)30-39(3)14-10-8-6-7-9-11-15-55(111)90-44-32-48(108)76(89-28-27-88-54(110)17-13-19-57(113)92-82-71(123)69(121)75(52(37-102)133-82)137-86-73(125)67(119)64(116)50(35-100)135-86)96-80(129)61-47(107)25-29-97(61)84(131)59(94-79(128)60(65(117)62(114)41-20-22-42(104)23-21-41)95-78(127)45-31-43(105)33-98(45)83(130)58(40(4)103)93-77(44)126)46(106)24-26-87-53(109)16-12-18-56(112)91-81-70(122)68(120)74(51(36-101)132-81)136-85-72(124)66(118)63(115)49(34-99)134-85/h20-23,38-40,43-52,58-76,81-82,85-86,89,99-108,114-125H,5-19,24-37H2,1-4H3,(H,87,109)(H,88,110)(H,90,111)(H,91,112)(H,92,113)(H,93,126)(H,94,128)(H,95,127)(H,96,129)/t38-,39+,40+,43+,44-,45-,46+,47-,48+,49+,50+,51+,52+,58-,59-,60-,61?,62-,63-,64-,65-,66-,67-,68+,69+,70+,71+,72+,73+,74+,75+,76-,81+,82+,85-,86-/m0/s1. The molecule has 7 fully saturated rings. The molecule has 51 nitrogen and oxygen atoms in total. The van der Waals surface area contributed by atoms with Gasteiger partial charge in [-0.05, 0) is 75.0 Å². The van der Waals surface area contributed by atoms with Crippen LogP contribution in [0.2, 0.25) is 0 Å². The number of phenols is 1. The van der Waals surface area contributed by atoms with Gasteiger partial charge in [0.1, 0.15) is 158 Å². The van der Waals surface area contributed by atoms with Crippen molar-refractivity contribution in [2.75, 3.05) is 59.2 Å². The summed E-state index contributed by atoms with van der Waals surface area (Å²) in [5.41, 5.74) is -0.213. The fourth-order valence-corrected chi connectivity index (χ4v) is 17.5. The van der Waals surface area contributed by atoms with Gasteiger partial charge in [-0.1, -0.05) is 77.8 Å². The molecular formula is C86H142N12O39. The maximum absolute atomic E-state index is 15.5. The van der Waals surface area contributed by atoms with Crippen molar-refractivity contribution < 1.29 is 194 Å².